The van der Waals surface area contributed by atoms with Gasteiger partial charge in [0.05, 0.1) is 4.75 Å². The van der Waals surface area contributed by atoms with Gasteiger partial charge in [0.15, 0.2) is 9.84 Å². The van der Waals surface area contributed by atoms with Gasteiger partial charge in [0.25, 0.3) is 0 Å². The predicted molar refractivity (Wildman–Crippen MR) is 86.3 cm³/mol. The van der Waals surface area contributed by atoms with Gasteiger partial charge >= 0.3 is 0 Å². The van der Waals surface area contributed by atoms with Gasteiger partial charge < -0.3 is 9.88 Å². The summed E-state index contributed by atoms with van der Waals surface area (Å²) in [6, 6.07) is 3.91. The van der Waals surface area contributed by atoms with Crippen LogP contribution in [0.15, 0.2) is 29.9 Å². The van der Waals surface area contributed by atoms with E-state index in [-0.39, 0.29) is 6.04 Å². The van der Waals surface area contributed by atoms with Crippen molar-refractivity contribution in [1.82, 2.24) is 14.9 Å². The number of imidazole rings is 1. The Bertz CT molecular complexity index is 688. The third-order valence-electron chi connectivity index (χ3n) is 3.68. The fraction of sp³-hybridized carbons (Fsp3) is 0.500. The topological polar surface area (TPSA) is 64.0 Å². The molecule has 2 heterocycles. The van der Waals surface area contributed by atoms with E-state index in [0.29, 0.717) is 6.54 Å². The lowest BCUT2D eigenvalue weighted by Crippen LogP contribution is -2.43. The molecule has 2 aromatic rings. The Balaban J connectivity index is 2.25. The van der Waals surface area contributed by atoms with Gasteiger partial charge in [-0.1, -0.05) is 6.07 Å². The Kier molecular flexibility index (Phi) is 4.55. The molecule has 0 aliphatic heterocycles. The molecule has 0 saturated carbocycles. The van der Waals surface area contributed by atoms with Crippen LogP contribution in [0.25, 0.3) is 0 Å². The number of aromatic nitrogens is 2. The Hall–Kier alpha value is -1.18. The fourth-order valence-corrected chi connectivity index (χ4v) is 3.05. The van der Waals surface area contributed by atoms with Crippen LogP contribution in [-0.4, -0.2) is 35.5 Å². The Labute approximate surface area is 129 Å². The maximum absolute atomic E-state index is 11.8. The van der Waals surface area contributed by atoms with E-state index >= 15 is 0 Å². The molecule has 0 fully saturated rings. The normalized spacial score (nSPS) is 14.3. The molecule has 2 aromatic heterocycles. The molecule has 1 unspecified atom stereocenters. The number of nitrogens with one attached hydrogen (secondary N) is 1. The molecule has 1 atom stereocenters. The lowest BCUT2D eigenvalue weighted by molar-refractivity contribution is 0.488. The molecule has 1 N–H and O–H groups in total. The summed E-state index contributed by atoms with van der Waals surface area (Å²) in [5.41, 5.74) is 0. The average Bonchev–Trinajstić information content (AvgIpc) is 3.01. The van der Waals surface area contributed by atoms with Gasteiger partial charge in [-0.15, -0.1) is 11.3 Å². The summed E-state index contributed by atoms with van der Waals surface area (Å²) in [5.74, 6) is 0.877. The van der Waals surface area contributed by atoms with Crippen molar-refractivity contribution in [2.75, 3.05) is 12.8 Å². The van der Waals surface area contributed by atoms with Crippen molar-refractivity contribution in [3.63, 3.8) is 0 Å². The predicted octanol–water partition coefficient (Wildman–Crippen LogP) is 1.98. The van der Waals surface area contributed by atoms with Crippen LogP contribution in [-0.2, 0) is 16.9 Å². The first kappa shape index (κ1) is 16.2. The van der Waals surface area contributed by atoms with Gasteiger partial charge in [0.1, 0.15) is 11.9 Å². The third kappa shape index (κ3) is 3.53. The first-order chi connectivity index (χ1) is 9.72. The van der Waals surface area contributed by atoms with E-state index in [1.807, 2.05) is 35.3 Å². The van der Waals surface area contributed by atoms with Gasteiger partial charge in [0.2, 0.25) is 0 Å². The minimum Gasteiger partial charge on any atom is -0.336 e. The van der Waals surface area contributed by atoms with Crippen LogP contribution < -0.4 is 5.32 Å². The zero-order chi connectivity index (χ0) is 15.7. The van der Waals surface area contributed by atoms with Crippen molar-refractivity contribution < 1.29 is 8.42 Å². The minimum absolute atomic E-state index is 0.106. The van der Waals surface area contributed by atoms with E-state index in [0.717, 1.165) is 10.7 Å². The zero-order valence-corrected chi connectivity index (χ0v) is 14.3. The highest BCUT2D eigenvalue weighted by atomic mass is 32.2. The van der Waals surface area contributed by atoms with Crippen LogP contribution in [0.2, 0.25) is 0 Å². The molecule has 0 amide bonds. The second-order valence-electron chi connectivity index (χ2n) is 5.76. The van der Waals surface area contributed by atoms with Crippen molar-refractivity contribution >= 4 is 21.2 Å². The lowest BCUT2D eigenvalue weighted by Gasteiger charge is -2.26. The molecule has 5 nitrogen and oxygen atoms in total. The fourth-order valence-electron chi connectivity index (χ4n) is 1.91. The van der Waals surface area contributed by atoms with Crippen LogP contribution in [0.3, 0.4) is 0 Å². The van der Waals surface area contributed by atoms with E-state index in [4.69, 9.17) is 0 Å². The Morgan fingerprint density at radius 2 is 2.19 bits per heavy atom. The summed E-state index contributed by atoms with van der Waals surface area (Å²) >= 11 is 1.63. The van der Waals surface area contributed by atoms with Crippen molar-refractivity contribution in [2.24, 2.45) is 7.05 Å². The van der Waals surface area contributed by atoms with Gasteiger partial charge in [0, 0.05) is 37.1 Å². The monoisotopic (exact) mass is 327 g/mol. The smallest absolute Gasteiger partial charge is 0.153 e. The number of rotatable bonds is 6. The summed E-state index contributed by atoms with van der Waals surface area (Å²) in [6.07, 6.45) is 4.91. The molecule has 0 saturated heterocycles. The van der Waals surface area contributed by atoms with E-state index in [2.05, 4.69) is 10.3 Å². The van der Waals surface area contributed by atoms with Gasteiger partial charge in [-0.3, -0.25) is 0 Å². The second kappa shape index (κ2) is 5.90. The summed E-state index contributed by atoms with van der Waals surface area (Å²) in [7, 11) is -1.20. The summed E-state index contributed by atoms with van der Waals surface area (Å²) in [5, 5.41) is 5.37. The number of nitrogens with zero attached hydrogens (tertiary/aromatic N) is 2. The highest BCUT2D eigenvalue weighted by molar-refractivity contribution is 7.92. The average molecular weight is 327 g/mol. The third-order valence-corrected chi connectivity index (χ3v) is 6.77. The van der Waals surface area contributed by atoms with E-state index in [1.54, 1.807) is 31.4 Å². The molecule has 7 heteroatoms. The SMILES string of the molecule is Cn1ccnc1C(NCC(C)(C)S(C)(=O)=O)c1cccs1. The molecule has 0 aliphatic carbocycles. The van der Waals surface area contributed by atoms with Gasteiger partial charge in [-0.2, -0.15) is 0 Å². The highest BCUT2D eigenvalue weighted by Crippen LogP contribution is 2.26. The summed E-state index contributed by atoms with van der Waals surface area (Å²) in [4.78, 5) is 5.51. The molecule has 116 valence electrons. The van der Waals surface area contributed by atoms with Crippen molar-refractivity contribution in [3.05, 3.63) is 40.6 Å². The summed E-state index contributed by atoms with van der Waals surface area (Å²) < 4.78 is 24.8. The van der Waals surface area contributed by atoms with Crippen LogP contribution in [0, 0.1) is 0 Å². The maximum Gasteiger partial charge on any atom is 0.153 e. The first-order valence-corrected chi connectivity index (χ1v) is 9.43. The number of hydrogen-bond acceptors (Lipinski definition) is 5. The Morgan fingerprint density at radius 3 is 2.67 bits per heavy atom. The van der Waals surface area contributed by atoms with Crippen LogP contribution >= 0.6 is 11.3 Å². The Morgan fingerprint density at radius 1 is 1.48 bits per heavy atom. The largest absolute Gasteiger partial charge is 0.336 e. The van der Waals surface area contributed by atoms with E-state index < -0.39 is 14.6 Å². The van der Waals surface area contributed by atoms with Gasteiger partial charge in [-0.05, 0) is 25.3 Å². The highest BCUT2D eigenvalue weighted by Gasteiger charge is 2.32. The molecule has 0 radical (unpaired) electrons. The lowest BCUT2D eigenvalue weighted by atomic mass is 10.1. The zero-order valence-electron chi connectivity index (χ0n) is 12.7. The molecule has 0 aromatic carbocycles. The number of aryl methyl sites for hydroxylation is 1. The molecule has 21 heavy (non-hydrogen) atoms. The minimum atomic E-state index is -3.13. The number of thiophene rings is 1. The molecule has 0 aliphatic rings. The van der Waals surface area contributed by atoms with Crippen LogP contribution in [0.4, 0.5) is 0 Å². The quantitative estimate of drug-likeness (QED) is 0.881. The van der Waals surface area contributed by atoms with Crippen molar-refractivity contribution in [1.29, 1.82) is 0 Å². The van der Waals surface area contributed by atoms with Crippen LogP contribution in [0.5, 0.6) is 0 Å². The number of sulfone groups is 1. The molecule has 0 bridgehead atoms. The molecular weight excluding hydrogens is 306 g/mol. The van der Waals surface area contributed by atoms with Gasteiger partial charge in [-0.25, -0.2) is 13.4 Å². The molecule has 0 spiro atoms. The van der Waals surface area contributed by atoms with E-state index in [1.165, 1.54) is 6.26 Å². The molecule has 2 rings (SSSR count). The number of hydrogen-bond donors (Lipinski definition) is 1. The van der Waals surface area contributed by atoms with Crippen molar-refractivity contribution in [3.8, 4) is 0 Å². The standard InChI is InChI=1S/C14H21N3O2S2/c1-14(2,21(4,18)19)10-16-12(11-6-5-9-20-11)13-15-7-8-17(13)3/h5-9,12,16H,10H2,1-4H3. The summed E-state index contributed by atoms with van der Waals surface area (Å²) in [6.45, 7) is 3.83. The maximum atomic E-state index is 11.8. The second-order valence-corrected chi connectivity index (χ2v) is 9.39. The van der Waals surface area contributed by atoms with Crippen molar-refractivity contribution in [2.45, 2.75) is 24.6 Å². The van der Waals surface area contributed by atoms with Crippen LogP contribution in [0.1, 0.15) is 30.6 Å². The van der Waals surface area contributed by atoms with E-state index in [9.17, 15) is 8.42 Å². The first-order valence-electron chi connectivity index (χ1n) is 6.66. The molecular formula is C14H21N3O2S2.